The van der Waals surface area contributed by atoms with E-state index in [1.54, 1.807) is 31.3 Å². The van der Waals surface area contributed by atoms with Crippen LogP contribution in [0.1, 0.15) is 18.2 Å². The van der Waals surface area contributed by atoms with E-state index < -0.39 is 0 Å². The second-order valence-corrected chi connectivity index (χ2v) is 5.98. The number of nitrogens with one attached hydrogen (secondary N) is 2. The van der Waals surface area contributed by atoms with Gasteiger partial charge in [0.1, 0.15) is 5.76 Å². The van der Waals surface area contributed by atoms with E-state index in [0.717, 1.165) is 5.56 Å². The highest BCUT2D eigenvalue weighted by Crippen LogP contribution is 2.21. The van der Waals surface area contributed by atoms with Crippen molar-refractivity contribution in [2.75, 3.05) is 17.7 Å². The lowest BCUT2D eigenvalue weighted by atomic mass is 10.2. The molecule has 23 heavy (non-hydrogen) atoms. The maximum absolute atomic E-state index is 12.3. The van der Waals surface area contributed by atoms with Gasteiger partial charge in [-0.05, 0) is 52.7 Å². The van der Waals surface area contributed by atoms with E-state index in [2.05, 4.69) is 26.6 Å². The molecule has 0 unspecified atom stereocenters. The minimum Gasteiger partial charge on any atom is -0.452 e. The molecule has 0 radical (unpaired) electrons. The van der Waals surface area contributed by atoms with Crippen LogP contribution < -0.4 is 10.6 Å². The Hall–Kier alpha value is -2.28. The number of hydrogen-bond acceptors (Lipinski definition) is 3. The lowest BCUT2D eigenvalue weighted by Crippen LogP contribution is -2.31. The molecule has 2 N–H and O–H groups in total. The fourth-order valence-electron chi connectivity index (χ4n) is 1.99. The van der Waals surface area contributed by atoms with E-state index in [9.17, 15) is 9.59 Å². The van der Waals surface area contributed by atoms with E-state index in [1.807, 2.05) is 13.0 Å². The predicted octanol–water partition coefficient (Wildman–Crippen LogP) is 3.97. The Labute approximate surface area is 143 Å². The monoisotopic (exact) mass is 379 g/mol. The third-order valence-electron chi connectivity index (χ3n) is 3.17. The molecule has 3 amide bonds. The van der Waals surface area contributed by atoms with Gasteiger partial charge in [-0.3, -0.25) is 4.79 Å². The second-order valence-electron chi connectivity index (χ2n) is 5.20. The molecule has 1 heterocycles. The highest BCUT2D eigenvalue weighted by molar-refractivity contribution is 9.10. The van der Waals surface area contributed by atoms with Crippen molar-refractivity contribution in [1.82, 2.24) is 4.90 Å². The molecule has 6 nitrogen and oxygen atoms in total. The van der Waals surface area contributed by atoms with Crippen molar-refractivity contribution < 1.29 is 14.0 Å². The summed E-state index contributed by atoms with van der Waals surface area (Å²) in [6.07, 6.45) is 0. The largest absolute Gasteiger partial charge is 0.452 e. The maximum Gasteiger partial charge on any atom is 0.322 e. The van der Waals surface area contributed by atoms with E-state index in [4.69, 9.17) is 4.42 Å². The Morgan fingerprint density at radius 1 is 1.22 bits per heavy atom. The summed E-state index contributed by atoms with van der Waals surface area (Å²) in [6.45, 7) is 3.67. The number of aryl methyl sites for hydroxylation is 1. The van der Waals surface area contributed by atoms with E-state index in [-0.39, 0.29) is 11.9 Å². The minimum atomic E-state index is -0.263. The van der Waals surface area contributed by atoms with Crippen LogP contribution in [-0.2, 0) is 11.3 Å². The van der Waals surface area contributed by atoms with Crippen LogP contribution in [0.15, 0.2) is 39.4 Å². The van der Waals surface area contributed by atoms with Crippen LogP contribution in [0.3, 0.4) is 0 Å². The van der Waals surface area contributed by atoms with Crippen LogP contribution in [0.2, 0.25) is 0 Å². The van der Waals surface area contributed by atoms with Gasteiger partial charge in [-0.15, -0.1) is 0 Å². The number of amides is 3. The van der Waals surface area contributed by atoms with Gasteiger partial charge in [0.05, 0.1) is 6.54 Å². The summed E-state index contributed by atoms with van der Waals surface area (Å²) in [7, 11) is 1.68. The van der Waals surface area contributed by atoms with Crippen molar-refractivity contribution in [1.29, 1.82) is 0 Å². The van der Waals surface area contributed by atoms with Crippen LogP contribution in [0, 0.1) is 6.92 Å². The molecule has 1 aromatic heterocycles. The third-order valence-corrected chi connectivity index (χ3v) is 3.59. The first-order chi connectivity index (χ1) is 10.8. The zero-order valence-corrected chi connectivity index (χ0v) is 14.7. The van der Waals surface area contributed by atoms with Gasteiger partial charge in [-0.2, -0.15) is 0 Å². The van der Waals surface area contributed by atoms with Gasteiger partial charge < -0.3 is 20.0 Å². The topological polar surface area (TPSA) is 74.6 Å². The summed E-state index contributed by atoms with van der Waals surface area (Å²) in [5.41, 5.74) is 2.19. The summed E-state index contributed by atoms with van der Waals surface area (Å²) < 4.78 is 6.01. The normalized spacial score (nSPS) is 10.3. The number of halogens is 1. The smallest absolute Gasteiger partial charge is 0.322 e. The Balaban J connectivity index is 2.05. The number of furan rings is 1. The number of rotatable bonds is 4. The van der Waals surface area contributed by atoms with Gasteiger partial charge >= 0.3 is 6.03 Å². The number of carbonyl (C=O) groups excluding carboxylic acids is 2. The number of carbonyl (C=O) groups is 2. The van der Waals surface area contributed by atoms with Crippen molar-refractivity contribution >= 4 is 39.2 Å². The lowest BCUT2D eigenvalue weighted by Gasteiger charge is -2.18. The molecule has 0 aliphatic rings. The number of benzene rings is 1. The highest BCUT2D eigenvalue weighted by Gasteiger charge is 2.13. The molecule has 0 aliphatic heterocycles. The number of nitrogens with zero attached hydrogens (tertiary/aromatic N) is 1. The highest BCUT2D eigenvalue weighted by atomic mass is 79.9. The van der Waals surface area contributed by atoms with E-state index in [0.29, 0.717) is 28.3 Å². The van der Waals surface area contributed by atoms with Crippen LogP contribution in [0.5, 0.6) is 0 Å². The molecule has 0 fully saturated rings. The SMILES string of the molecule is CC(=O)Nc1ccc(C)c(NC(=O)N(C)Cc2ccc(Br)o2)c1. The number of hydrogen-bond donors (Lipinski definition) is 2. The molecule has 0 saturated carbocycles. The summed E-state index contributed by atoms with van der Waals surface area (Å²) in [6, 6.07) is 8.67. The first-order valence-corrected chi connectivity index (χ1v) is 7.79. The van der Waals surface area contributed by atoms with Crippen molar-refractivity contribution in [2.24, 2.45) is 0 Å². The molecule has 2 aromatic rings. The molecule has 2 rings (SSSR count). The van der Waals surface area contributed by atoms with Gasteiger partial charge in [-0.25, -0.2) is 4.79 Å². The van der Waals surface area contributed by atoms with Crippen molar-refractivity contribution in [3.63, 3.8) is 0 Å². The Morgan fingerprint density at radius 3 is 2.57 bits per heavy atom. The summed E-state index contributed by atoms with van der Waals surface area (Å²) in [5, 5.41) is 5.53. The average Bonchev–Trinajstić information content (AvgIpc) is 2.87. The van der Waals surface area contributed by atoms with Gasteiger partial charge in [-0.1, -0.05) is 6.07 Å². The molecule has 7 heteroatoms. The summed E-state index contributed by atoms with van der Waals surface area (Å²) >= 11 is 3.23. The zero-order valence-electron chi connectivity index (χ0n) is 13.1. The third kappa shape index (κ3) is 4.85. The zero-order chi connectivity index (χ0) is 17.0. The van der Waals surface area contributed by atoms with E-state index in [1.165, 1.54) is 11.8 Å². The summed E-state index contributed by atoms with van der Waals surface area (Å²) in [4.78, 5) is 24.9. The fraction of sp³-hybridized carbons (Fsp3) is 0.250. The molecular formula is C16H18BrN3O3. The number of anilines is 2. The standard InChI is InChI=1S/C16H18BrN3O3/c1-10-4-5-12(18-11(2)21)8-14(10)19-16(22)20(3)9-13-6-7-15(17)23-13/h4-8H,9H2,1-3H3,(H,18,21)(H,19,22). The quantitative estimate of drug-likeness (QED) is 0.843. The molecule has 0 aliphatic carbocycles. The van der Waals surface area contributed by atoms with Crippen LogP contribution in [-0.4, -0.2) is 23.9 Å². The van der Waals surface area contributed by atoms with Crippen LogP contribution in [0.4, 0.5) is 16.2 Å². The van der Waals surface area contributed by atoms with Crippen molar-refractivity contribution in [3.05, 3.63) is 46.3 Å². The molecule has 0 saturated heterocycles. The van der Waals surface area contributed by atoms with Crippen molar-refractivity contribution in [2.45, 2.75) is 20.4 Å². The lowest BCUT2D eigenvalue weighted by molar-refractivity contribution is -0.114. The van der Waals surface area contributed by atoms with Gasteiger partial charge in [0.15, 0.2) is 4.67 Å². The predicted molar refractivity (Wildman–Crippen MR) is 92.4 cm³/mol. The molecule has 1 aromatic carbocycles. The maximum atomic E-state index is 12.3. The molecule has 0 spiro atoms. The Bertz CT molecular complexity index is 727. The first kappa shape index (κ1) is 17.1. The second kappa shape index (κ2) is 7.32. The van der Waals surface area contributed by atoms with Crippen LogP contribution in [0.25, 0.3) is 0 Å². The molecule has 0 atom stereocenters. The minimum absolute atomic E-state index is 0.161. The van der Waals surface area contributed by atoms with Crippen molar-refractivity contribution in [3.8, 4) is 0 Å². The molecule has 0 bridgehead atoms. The Morgan fingerprint density at radius 2 is 1.96 bits per heavy atom. The fourth-order valence-corrected chi connectivity index (χ4v) is 2.33. The van der Waals surface area contributed by atoms with Gasteiger partial charge in [0.2, 0.25) is 5.91 Å². The molecular weight excluding hydrogens is 362 g/mol. The van der Waals surface area contributed by atoms with Gasteiger partial charge in [0, 0.05) is 25.3 Å². The first-order valence-electron chi connectivity index (χ1n) is 6.99. The average molecular weight is 380 g/mol. The molecule has 122 valence electrons. The summed E-state index contributed by atoms with van der Waals surface area (Å²) in [5.74, 6) is 0.518. The van der Waals surface area contributed by atoms with E-state index >= 15 is 0 Å². The van der Waals surface area contributed by atoms with Gasteiger partial charge in [0.25, 0.3) is 0 Å². The van der Waals surface area contributed by atoms with Crippen LogP contribution >= 0.6 is 15.9 Å². The Kier molecular flexibility index (Phi) is 5.44. The number of urea groups is 1.